The molecular weight excluding hydrogens is 310 g/mol. The predicted octanol–water partition coefficient (Wildman–Crippen LogP) is 2.42. The van der Waals surface area contributed by atoms with Gasteiger partial charge in [-0.15, -0.1) is 11.3 Å². The SMILES string of the molecule is COc1cccc([C@H](CNS(=O)(=O)c2cccs2)OC)c1. The van der Waals surface area contributed by atoms with E-state index >= 15 is 0 Å². The Morgan fingerprint density at radius 1 is 1.24 bits per heavy atom. The van der Waals surface area contributed by atoms with Gasteiger partial charge in [0.25, 0.3) is 0 Å². The van der Waals surface area contributed by atoms with Crippen molar-refractivity contribution in [1.29, 1.82) is 0 Å². The van der Waals surface area contributed by atoms with E-state index in [0.29, 0.717) is 9.96 Å². The molecule has 2 aromatic rings. The molecule has 0 bridgehead atoms. The van der Waals surface area contributed by atoms with E-state index < -0.39 is 10.0 Å². The fourth-order valence-corrected chi connectivity index (χ4v) is 3.92. The Morgan fingerprint density at radius 3 is 2.67 bits per heavy atom. The van der Waals surface area contributed by atoms with Gasteiger partial charge in [0.2, 0.25) is 10.0 Å². The normalized spacial score (nSPS) is 13.0. The van der Waals surface area contributed by atoms with Crippen molar-refractivity contribution in [1.82, 2.24) is 4.72 Å². The molecule has 0 aliphatic carbocycles. The van der Waals surface area contributed by atoms with E-state index in [1.165, 1.54) is 11.3 Å². The van der Waals surface area contributed by atoms with E-state index in [1.54, 1.807) is 31.7 Å². The van der Waals surface area contributed by atoms with Crippen LogP contribution in [0.25, 0.3) is 0 Å². The van der Waals surface area contributed by atoms with E-state index in [1.807, 2.05) is 24.3 Å². The number of nitrogens with one attached hydrogen (secondary N) is 1. The minimum absolute atomic E-state index is 0.157. The molecule has 0 aliphatic heterocycles. The quantitative estimate of drug-likeness (QED) is 0.848. The summed E-state index contributed by atoms with van der Waals surface area (Å²) in [5.41, 5.74) is 0.853. The lowest BCUT2D eigenvalue weighted by atomic mass is 10.1. The van der Waals surface area contributed by atoms with Crippen molar-refractivity contribution in [3.8, 4) is 5.75 Å². The zero-order valence-corrected chi connectivity index (χ0v) is 13.4. The Balaban J connectivity index is 2.09. The standard InChI is InChI=1S/C14H17NO4S2/c1-18-12-6-3-5-11(9-12)13(19-2)10-15-21(16,17)14-7-4-8-20-14/h3-9,13,15H,10H2,1-2H3/t13-/m0/s1. The molecular formula is C14H17NO4S2. The van der Waals surface area contributed by atoms with Gasteiger partial charge in [-0.1, -0.05) is 18.2 Å². The van der Waals surface area contributed by atoms with Gasteiger partial charge >= 0.3 is 0 Å². The Kier molecular flexibility index (Phi) is 5.35. The number of hydrogen-bond acceptors (Lipinski definition) is 5. The molecule has 114 valence electrons. The highest BCUT2D eigenvalue weighted by molar-refractivity contribution is 7.91. The van der Waals surface area contributed by atoms with Crippen LogP contribution in [0.2, 0.25) is 0 Å². The summed E-state index contributed by atoms with van der Waals surface area (Å²) < 4.78 is 37.6. The van der Waals surface area contributed by atoms with E-state index in [4.69, 9.17) is 9.47 Å². The maximum Gasteiger partial charge on any atom is 0.250 e. The van der Waals surface area contributed by atoms with Gasteiger partial charge in [-0.05, 0) is 29.1 Å². The molecule has 0 amide bonds. The Morgan fingerprint density at radius 2 is 2.05 bits per heavy atom. The van der Waals surface area contributed by atoms with Gasteiger partial charge in [0.1, 0.15) is 9.96 Å². The number of rotatable bonds is 7. The first-order valence-corrected chi connectivity index (χ1v) is 8.63. The monoisotopic (exact) mass is 327 g/mol. The molecule has 21 heavy (non-hydrogen) atoms. The van der Waals surface area contributed by atoms with Crippen LogP contribution in [-0.2, 0) is 14.8 Å². The van der Waals surface area contributed by atoms with Gasteiger partial charge in [-0.2, -0.15) is 0 Å². The molecule has 1 N–H and O–H groups in total. The number of hydrogen-bond donors (Lipinski definition) is 1. The van der Waals surface area contributed by atoms with E-state index in [0.717, 1.165) is 5.56 Å². The highest BCUT2D eigenvalue weighted by atomic mass is 32.2. The summed E-state index contributed by atoms with van der Waals surface area (Å²) in [5, 5.41) is 1.73. The second-order valence-corrected chi connectivity index (χ2v) is 7.23. The summed E-state index contributed by atoms with van der Waals surface area (Å²) in [7, 11) is -0.360. The summed E-state index contributed by atoms with van der Waals surface area (Å²) in [4.78, 5) is 0. The van der Waals surface area contributed by atoms with Crippen LogP contribution in [0.4, 0.5) is 0 Å². The minimum atomic E-state index is -3.49. The molecule has 1 aromatic heterocycles. The third-order valence-electron chi connectivity index (χ3n) is 2.97. The second kappa shape index (κ2) is 7.04. The van der Waals surface area contributed by atoms with Gasteiger partial charge in [0, 0.05) is 13.7 Å². The van der Waals surface area contributed by atoms with Crippen LogP contribution in [-0.4, -0.2) is 29.2 Å². The molecule has 0 fully saturated rings. The largest absolute Gasteiger partial charge is 0.497 e. The molecule has 0 saturated heterocycles. The van der Waals surface area contributed by atoms with Crippen LogP contribution in [0, 0.1) is 0 Å². The van der Waals surface area contributed by atoms with E-state index in [9.17, 15) is 8.42 Å². The Hall–Kier alpha value is -1.41. The fourth-order valence-electron chi connectivity index (χ4n) is 1.85. The molecule has 1 heterocycles. The predicted molar refractivity (Wildman–Crippen MR) is 82.3 cm³/mol. The van der Waals surface area contributed by atoms with Crippen molar-refractivity contribution >= 4 is 21.4 Å². The summed E-state index contributed by atoms with van der Waals surface area (Å²) in [6.45, 7) is 0.157. The minimum Gasteiger partial charge on any atom is -0.497 e. The third kappa shape index (κ3) is 4.04. The molecule has 1 atom stereocenters. The first kappa shape index (κ1) is 16.0. The Bertz CT molecular complexity index is 668. The maximum absolute atomic E-state index is 12.1. The first-order chi connectivity index (χ1) is 10.1. The van der Waals surface area contributed by atoms with Crippen molar-refractivity contribution in [3.05, 3.63) is 47.3 Å². The summed E-state index contributed by atoms with van der Waals surface area (Å²) in [6.07, 6.45) is -0.380. The Labute approximate surface area is 128 Å². The average molecular weight is 327 g/mol. The molecule has 0 saturated carbocycles. The topological polar surface area (TPSA) is 64.6 Å². The van der Waals surface area contributed by atoms with Crippen LogP contribution < -0.4 is 9.46 Å². The average Bonchev–Trinajstić information content (AvgIpc) is 3.03. The van der Waals surface area contributed by atoms with Crippen molar-refractivity contribution in [2.75, 3.05) is 20.8 Å². The first-order valence-electron chi connectivity index (χ1n) is 6.26. The molecule has 1 aromatic carbocycles. The van der Waals surface area contributed by atoms with Gasteiger partial charge in [-0.25, -0.2) is 13.1 Å². The van der Waals surface area contributed by atoms with Crippen LogP contribution in [0.5, 0.6) is 5.75 Å². The molecule has 0 radical (unpaired) electrons. The van der Waals surface area contributed by atoms with Crippen molar-refractivity contribution in [3.63, 3.8) is 0 Å². The second-order valence-electron chi connectivity index (χ2n) is 4.28. The van der Waals surface area contributed by atoms with Gasteiger partial charge < -0.3 is 9.47 Å². The molecule has 0 spiro atoms. The number of sulfonamides is 1. The van der Waals surface area contributed by atoms with Crippen LogP contribution in [0.15, 0.2) is 46.0 Å². The van der Waals surface area contributed by atoms with Gasteiger partial charge in [0.15, 0.2) is 0 Å². The van der Waals surface area contributed by atoms with E-state index in [2.05, 4.69) is 4.72 Å². The highest BCUT2D eigenvalue weighted by Crippen LogP contribution is 2.22. The van der Waals surface area contributed by atoms with Crippen molar-refractivity contribution in [2.24, 2.45) is 0 Å². The fraction of sp³-hybridized carbons (Fsp3) is 0.286. The maximum atomic E-state index is 12.1. The van der Waals surface area contributed by atoms with Crippen LogP contribution in [0.3, 0.4) is 0 Å². The molecule has 5 nitrogen and oxygen atoms in total. The highest BCUT2D eigenvalue weighted by Gasteiger charge is 2.19. The van der Waals surface area contributed by atoms with E-state index in [-0.39, 0.29) is 12.6 Å². The zero-order chi connectivity index (χ0) is 15.3. The number of benzene rings is 1. The number of thiophene rings is 1. The van der Waals surface area contributed by atoms with Crippen LogP contribution in [0.1, 0.15) is 11.7 Å². The van der Waals surface area contributed by atoms with Gasteiger partial charge in [0.05, 0.1) is 13.2 Å². The lowest BCUT2D eigenvalue weighted by Crippen LogP contribution is -2.28. The summed E-state index contributed by atoms with van der Waals surface area (Å²) in [5.74, 6) is 0.704. The molecule has 2 rings (SSSR count). The smallest absolute Gasteiger partial charge is 0.250 e. The molecule has 0 unspecified atom stereocenters. The third-order valence-corrected chi connectivity index (χ3v) is 5.79. The van der Waals surface area contributed by atoms with Crippen molar-refractivity contribution < 1.29 is 17.9 Å². The molecule has 7 heteroatoms. The lowest BCUT2D eigenvalue weighted by molar-refractivity contribution is 0.107. The lowest BCUT2D eigenvalue weighted by Gasteiger charge is -2.17. The van der Waals surface area contributed by atoms with Gasteiger partial charge in [-0.3, -0.25) is 0 Å². The zero-order valence-electron chi connectivity index (χ0n) is 11.8. The summed E-state index contributed by atoms with van der Waals surface area (Å²) >= 11 is 1.18. The molecule has 0 aliphatic rings. The van der Waals surface area contributed by atoms with Crippen LogP contribution >= 0.6 is 11.3 Å². The number of methoxy groups -OCH3 is 2. The number of ether oxygens (including phenoxy) is 2. The summed E-state index contributed by atoms with van der Waals surface area (Å²) in [6, 6.07) is 10.6. The van der Waals surface area contributed by atoms with Crippen molar-refractivity contribution in [2.45, 2.75) is 10.3 Å².